The number of aryl methyl sites for hydroxylation is 2. The van der Waals surface area contributed by atoms with E-state index in [-0.39, 0.29) is 0 Å². The molecular formula is C15H18F6N3O4S2-. The van der Waals surface area contributed by atoms with E-state index in [1.54, 1.807) is 0 Å². The van der Waals surface area contributed by atoms with Gasteiger partial charge in [-0.2, -0.15) is 26.3 Å². The molecule has 15 heteroatoms. The summed E-state index contributed by atoms with van der Waals surface area (Å²) < 4.78 is 105. The number of imidazole rings is 1. The van der Waals surface area contributed by atoms with E-state index in [0.29, 0.717) is 0 Å². The highest BCUT2D eigenvalue weighted by atomic mass is 32.2. The van der Waals surface area contributed by atoms with Crippen LogP contribution >= 0.6 is 0 Å². The molecule has 0 amide bonds. The van der Waals surface area contributed by atoms with Crippen LogP contribution in [0.3, 0.4) is 0 Å². The van der Waals surface area contributed by atoms with Crippen molar-refractivity contribution in [2.24, 2.45) is 0 Å². The quantitative estimate of drug-likeness (QED) is 0.378. The second-order valence-electron chi connectivity index (χ2n) is 5.30. The average Bonchev–Trinajstić information content (AvgIpc) is 3.09. The number of sulfonamides is 1. The molecule has 2 rings (SSSR count). The second kappa shape index (κ2) is 11.4. The molecule has 30 heavy (non-hydrogen) atoms. The number of nitrogens with zero attached hydrogens (tertiary/aromatic N) is 2. The molecule has 172 valence electrons. The number of nitrogens with one attached hydrogen (secondary N) is 1. The molecule has 1 aromatic heterocycles. The van der Waals surface area contributed by atoms with Gasteiger partial charge in [0.2, 0.25) is 6.33 Å². The number of halogens is 6. The van der Waals surface area contributed by atoms with E-state index in [2.05, 4.69) is 66.0 Å². The van der Waals surface area contributed by atoms with E-state index in [0.717, 1.165) is 13.0 Å². The summed E-state index contributed by atoms with van der Waals surface area (Å²) in [4.78, 5) is 0. The highest BCUT2D eigenvalue weighted by Gasteiger charge is 2.36. The lowest BCUT2D eigenvalue weighted by atomic mass is 10.1. The van der Waals surface area contributed by atoms with Gasteiger partial charge in [0.15, 0.2) is 10.0 Å². The summed E-state index contributed by atoms with van der Waals surface area (Å²) in [6.45, 7) is 5.33. The molecule has 1 atom stereocenters. The predicted octanol–water partition coefficient (Wildman–Crippen LogP) is 3.62. The molecule has 0 bridgehead atoms. The molecule has 0 aliphatic heterocycles. The van der Waals surface area contributed by atoms with E-state index in [1.165, 1.54) is 11.3 Å². The minimum absolute atomic E-state index is 1.01. The van der Waals surface area contributed by atoms with Crippen LogP contribution in [0, 0.1) is 0 Å². The first-order chi connectivity index (χ1) is 13.5. The molecular weight excluding hydrogens is 464 g/mol. The predicted molar refractivity (Wildman–Crippen MR) is 95.3 cm³/mol. The van der Waals surface area contributed by atoms with E-state index in [9.17, 15) is 34.8 Å². The number of rotatable bonds is 3. The smallest absolute Gasteiger partial charge is 0.479 e. The Bertz CT molecular complexity index is 910. The maximum absolute atomic E-state index is 10.8. The molecule has 7 nitrogen and oxygen atoms in total. The second-order valence-corrected chi connectivity index (χ2v) is 7.70. The van der Waals surface area contributed by atoms with Crippen LogP contribution in [-0.2, 0) is 34.1 Å². The zero-order chi connectivity index (χ0) is 23.8. The van der Waals surface area contributed by atoms with Crippen molar-refractivity contribution in [3.8, 4) is 5.69 Å². The molecule has 2 aromatic rings. The molecule has 1 unspecified atom stereocenters. The Hall–Kier alpha value is -1.97. The molecule has 0 fully saturated rings. The van der Waals surface area contributed by atoms with Crippen molar-refractivity contribution in [1.82, 2.24) is 4.57 Å². The molecule has 0 radical (unpaired) electrons. The van der Waals surface area contributed by atoms with E-state index >= 15 is 0 Å². The van der Waals surface area contributed by atoms with Crippen molar-refractivity contribution in [3.63, 3.8) is 0 Å². The van der Waals surface area contributed by atoms with Crippen LogP contribution in [0.1, 0.15) is 19.4 Å². The fourth-order valence-corrected chi connectivity index (χ4v) is 1.64. The summed E-state index contributed by atoms with van der Waals surface area (Å²) in [7, 11) is -5.59. The van der Waals surface area contributed by atoms with Crippen molar-refractivity contribution in [2.75, 3.05) is 0 Å². The number of hydrogen-bond acceptors (Lipinski definition) is 4. The van der Waals surface area contributed by atoms with Crippen LogP contribution in [0.5, 0.6) is 0 Å². The normalized spacial score (nSPS) is 12.9. The Balaban J connectivity index is 0.000000477. The molecule has 0 aliphatic carbocycles. The zero-order valence-electron chi connectivity index (χ0n) is 15.6. The van der Waals surface area contributed by atoms with Gasteiger partial charge in [-0.1, -0.05) is 19.1 Å². The number of benzene rings is 1. The van der Waals surface area contributed by atoms with Crippen molar-refractivity contribution < 1.29 is 48.1 Å². The Kier molecular flexibility index (Phi) is 10.7. The summed E-state index contributed by atoms with van der Waals surface area (Å²) in [6, 6.07) is 8.70. The molecule has 0 saturated carbocycles. The Labute approximate surface area is 171 Å². The van der Waals surface area contributed by atoms with Gasteiger partial charge in [-0.25, -0.2) is 17.6 Å². The van der Waals surface area contributed by atoms with Crippen molar-refractivity contribution in [1.29, 1.82) is 0 Å². The zero-order valence-corrected chi connectivity index (χ0v) is 17.2. The third-order valence-electron chi connectivity index (χ3n) is 3.19. The largest absolute Gasteiger partial charge is 0.766 e. The lowest BCUT2D eigenvalue weighted by Gasteiger charge is -2.07. The molecule has 0 saturated heterocycles. The first-order valence-corrected chi connectivity index (χ1v) is 10.5. The van der Waals surface area contributed by atoms with Gasteiger partial charge in [0.25, 0.3) is 0 Å². The summed E-state index contributed by atoms with van der Waals surface area (Å²) in [6.07, 6.45) is 7.39. The monoisotopic (exact) mass is 482 g/mol. The maximum atomic E-state index is 10.8. The minimum atomic E-state index is -5.59. The van der Waals surface area contributed by atoms with Crippen LogP contribution in [0.15, 0.2) is 43.0 Å². The average molecular weight is 482 g/mol. The van der Waals surface area contributed by atoms with Crippen molar-refractivity contribution in [3.05, 3.63) is 53.7 Å². The molecule has 0 spiro atoms. The maximum Gasteiger partial charge on any atom is 0.479 e. The van der Waals surface area contributed by atoms with Crippen LogP contribution in [-0.4, -0.2) is 32.8 Å². The molecule has 1 heterocycles. The highest BCUT2D eigenvalue weighted by Crippen LogP contribution is 2.23. The van der Waals surface area contributed by atoms with Gasteiger partial charge in [-0.05, 0) is 31.0 Å². The summed E-state index contributed by atoms with van der Waals surface area (Å²) in [5.41, 5.74) is -7.90. The molecule has 1 N–H and O–H groups in total. The molecule has 1 aromatic carbocycles. The lowest BCUT2D eigenvalue weighted by Crippen LogP contribution is -2.28. The van der Waals surface area contributed by atoms with Gasteiger partial charge in [0, 0.05) is 0 Å². The summed E-state index contributed by atoms with van der Waals surface area (Å²) in [5.74, 6) is 0. The summed E-state index contributed by atoms with van der Waals surface area (Å²) in [5, 5.41) is 5.43. The standard InChI is InChI=1S/C13H17N2.CHF3NO2S.CHF3O2S/c1-3-12-5-7-13(8-6-12)15-10-9-14(4-2)11-15;2-1(3,4)8(5,6)7;2-1(3,4)7(5)6/h5-11H,3-4H2,1-2H3;(H-,5,6,7);(H,5,6)/q+1;-1;/p-1. The highest BCUT2D eigenvalue weighted by molar-refractivity contribution is 7.93. The van der Waals surface area contributed by atoms with Crippen LogP contribution < -0.4 is 4.57 Å². The van der Waals surface area contributed by atoms with E-state index in [1.807, 2.05) is 0 Å². The first-order valence-electron chi connectivity index (χ1n) is 7.91. The van der Waals surface area contributed by atoms with Gasteiger partial charge in [0.1, 0.15) is 18.1 Å². The summed E-state index contributed by atoms with van der Waals surface area (Å²) >= 11 is -3.93. The topological polar surface area (TPSA) is 107 Å². The van der Waals surface area contributed by atoms with E-state index in [4.69, 9.17) is 13.9 Å². The SMILES string of the molecule is CCc1ccc(-n2cc[n+](CC)c2)cc1.O=S([O-])C(F)(F)F.[NH-]S(=O)(=O)C(F)(F)F. The fourth-order valence-electron chi connectivity index (χ4n) is 1.64. The van der Waals surface area contributed by atoms with Gasteiger partial charge < -0.3 is 9.69 Å². The van der Waals surface area contributed by atoms with Crippen molar-refractivity contribution in [2.45, 2.75) is 37.8 Å². The van der Waals surface area contributed by atoms with Crippen molar-refractivity contribution >= 4 is 21.1 Å². The number of aromatic nitrogens is 2. The lowest BCUT2D eigenvalue weighted by molar-refractivity contribution is -0.692. The van der Waals surface area contributed by atoms with Gasteiger partial charge in [0.05, 0.1) is 17.6 Å². The number of hydrogen-bond donors (Lipinski definition) is 0. The third kappa shape index (κ3) is 10.2. The Morgan fingerprint density at radius 3 is 1.80 bits per heavy atom. The first kappa shape index (κ1) is 28.0. The van der Waals surface area contributed by atoms with Crippen LogP contribution in [0.2, 0.25) is 0 Å². The van der Waals surface area contributed by atoms with Gasteiger partial charge in [-0.15, -0.1) is 0 Å². The fraction of sp³-hybridized carbons (Fsp3) is 0.400. The minimum Gasteiger partial charge on any atom is -0.766 e. The Morgan fingerprint density at radius 1 is 1.10 bits per heavy atom. The van der Waals surface area contributed by atoms with E-state index < -0.39 is 32.1 Å². The van der Waals surface area contributed by atoms with Crippen LogP contribution in [0.25, 0.3) is 10.8 Å². The molecule has 0 aliphatic rings. The third-order valence-corrected chi connectivity index (χ3v) is 4.18. The number of alkyl halides is 6. The van der Waals surface area contributed by atoms with Gasteiger partial charge >= 0.3 is 11.0 Å². The van der Waals surface area contributed by atoms with Gasteiger partial charge in [-0.3, -0.25) is 4.21 Å². The van der Waals surface area contributed by atoms with Crippen LogP contribution in [0.4, 0.5) is 26.3 Å². The Morgan fingerprint density at radius 2 is 1.53 bits per heavy atom.